The normalized spacial score (nSPS) is 10.8. The number of rotatable bonds is 3. The number of nitrogens with one attached hydrogen (secondary N) is 1. The minimum absolute atomic E-state index is 0.529. The number of carbonyl (C=O) groups is 1. The van der Waals surface area contributed by atoms with Crippen LogP contribution in [-0.4, -0.2) is 26.2 Å². The molecule has 0 spiro atoms. The summed E-state index contributed by atoms with van der Waals surface area (Å²) in [7, 11) is 0. The molecule has 0 saturated carbocycles. The Kier molecular flexibility index (Phi) is 3.18. The number of halogens is 1. The lowest BCUT2D eigenvalue weighted by atomic mass is 10.2. The fourth-order valence-electron chi connectivity index (χ4n) is 1.63. The Morgan fingerprint density at radius 1 is 1.26 bits per heavy atom. The minimum atomic E-state index is 0.529. The maximum Gasteiger partial charge on any atom is 0.181 e. The second-order valence-corrected chi connectivity index (χ2v) is 5.15. The van der Waals surface area contributed by atoms with Gasteiger partial charge < -0.3 is 4.98 Å². The molecule has 19 heavy (non-hydrogen) atoms. The van der Waals surface area contributed by atoms with Gasteiger partial charge >= 0.3 is 0 Å². The van der Waals surface area contributed by atoms with Gasteiger partial charge in [0.25, 0.3) is 0 Å². The Morgan fingerprint density at radius 3 is 3.00 bits per heavy atom. The highest BCUT2D eigenvalue weighted by molar-refractivity contribution is 7.99. The van der Waals surface area contributed by atoms with E-state index in [9.17, 15) is 4.79 Å². The molecule has 7 heteroatoms. The number of aldehydes is 1. The minimum Gasteiger partial charge on any atom is -0.341 e. The van der Waals surface area contributed by atoms with Gasteiger partial charge in [0.05, 0.1) is 6.33 Å². The van der Waals surface area contributed by atoms with Crippen molar-refractivity contribution >= 4 is 40.8 Å². The molecule has 3 rings (SSSR count). The lowest BCUT2D eigenvalue weighted by Gasteiger charge is -2.04. The van der Waals surface area contributed by atoms with Crippen molar-refractivity contribution in [2.24, 2.45) is 0 Å². The summed E-state index contributed by atoms with van der Waals surface area (Å²) in [6.07, 6.45) is 3.79. The molecule has 0 amide bonds. The van der Waals surface area contributed by atoms with E-state index in [2.05, 4.69) is 19.9 Å². The number of hydrogen-bond acceptors (Lipinski definition) is 5. The molecule has 0 aliphatic heterocycles. The van der Waals surface area contributed by atoms with E-state index in [-0.39, 0.29) is 0 Å². The lowest BCUT2D eigenvalue weighted by molar-refractivity contribution is 0.112. The molecule has 3 aromatic rings. The highest BCUT2D eigenvalue weighted by atomic mass is 35.5. The summed E-state index contributed by atoms with van der Waals surface area (Å²) >= 11 is 7.24. The third-order valence-corrected chi connectivity index (χ3v) is 3.82. The zero-order valence-electron chi connectivity index (χ0n) is 9.50. The first-order chi connectivity index (χ1) is 9.28. The molecule has 0 bridgehead atoms. The van der Waals surface area contributed by atoms with Gasteiger partial charge in [-0.15, -0.1) is 0 Å². The first-order valence-electron chi connectivity index (χ1n) is 5.34. The average Bonchev–Trinajstić information content (AvgIpc) is 2.90. The van der Waals surface area contributed by atoms with Crippen LogP contribution in [0, 0.1) is 0 Å². The first-order valence-corrected chi connectivity index (χ1v) is 6.54. The summed E-state index contributed by atoms with van der Waals surface area (Å²) in [5.41, 5.74) is 1.88. The summed E-state index contributed by atoms with van der Waals surface area (Å²) in [5, 5.41) is 1.24. The summed E-state index contributed by atoms with van der Waals surface area (Å²) in [6, 6.07) is 5.16. The van der Waals surface area contributed by atoms with E-state index in [1.165, 1.54) is 18.1 Å². The summed E-state index contributed by atoms with van der Waals surface area (Å²) in [4.78, 5) is 27.1. The predicted molar refractivity (Wildman–Crippen MR) is 72.6 cm³/mol. The number of hydrogen-bond donors (Lipinski definition) is 1. The van der Waals surface area contributed by atoms with Crippen molar-refractivity contribution in [1.82, 2.24) is 19.9 Å². The van der Waals surface area contributed by atoms with Crippen LogP contribution in [0.2, 0.25) is 5.02 Å². The van der Waals surface area contributed by atoms with Gasteiger partial charge in [-0.3, -0.25) is 4.79 Å². The molecule has 0 radical (unpaired) electrons. The number of imidazole rings is 1. The van der Waals surface area contributed by atoms with Gasteiger partial charge in [0.2, 0.25) is 0 Å². The van der Waals surface area contributed by atoms with Gasteiger partial charge in [-0.25, -0.2) is 15.0 Å². The van der Waals surface area contributed by atoms with E-state index in [0.717, 1.165) is 16.7 Å². The van der Waals surface area contributed by atoms with Crippen LogP contribution in [0.25, 0.3) is 11.2 Å². The Balaban J connectivity index is 2.06. The summed E-state index contributed by atoms with van der Waals surface area (Å²) in [5.74, 6) is 0. The van der Waals surface area contributed by atoms with Gasteiger partial charge in [0.1, 0.15) is 16.9 Å². The van der Waals surface area contributed by atoms with Crippen LogP contribution in [0.5, 0.6) is 0 Å². The number of nitrogens with zero attached hydrogens (tertiary/aromatic N) is 3. The van der Waals surface area contributed by atoms with E-state index in [1.54, 1.807) is 24.5 Å². The lowest BCUT2D eigenvalue weighted by Crippen LogP contribution is -1.89. The maximum atomic E-state index is 11.1. The third-order valence-electron chi connectivity index (χ3n) is 2.49. The predicted octanol–water partition coefficient (Wildman–Crippen LogP) is 2.97. The van der Waals surface area contributed by atoms with E-state index in [4.69, 9.17) is 11.6 Å². The fraction of sp³-hybridized carbons (Fsp3) is 0. The highest BCUT2D eigenvalue weighted by Gasteiger charge is 2.10. The highest BCUT2D eigenvalue weighted by Crippen LogP contribution is 2.32. The van der Waals surface area contributed by atoms with Crippen LogP contribution in [0.3, 0.4) is 0 Å². The Bertz CT molecular complexity index is 758. The number of benzene rings is 1. The zero-order valence-corrected chi connectivity index (χ0v) is 11.1. The SMILES string of the molecule is O=Cc1cc(Cl)ccc1Sc1ncnc2nc[nH]c12. The van der Waals surface area contributed by atoms with Crippen molar-refractivity contribution in [3.63, 3.8) is 0 Å². The summed E-state index contributed by atoms with van der Waals surface area (Å²) < 4.78 is 0. The molecule has 0 fully saturated rings. The number of aromatic nitrogens is 4. The van der Waals surface area contributed by atoms with E-state index in [0.29, 0.717) is 21.3 Å². The van der Waals surface area contributed by atoms with Crippen LogP contribution >= 0.6 is 23.4 Å². The summed E-state index contributed by atoms with van der Waals surface area (Å²) in [6.45, 7) is 0. The van der Waals surface area contributed by atoms with Crippen molar-refractivity contribution in [3.05, 3.63) is 41.4 Å². The topological polar surface area (TPSA) is 71.5 Å². The first kappa shape index (κ1) is 12.1. The molecule has 0 unspecified atom stereocenters. The van der Waals surface area contributed by atoms with Crippen molar-refractivity contribution in [2.75, 3.05) is 0 Å². The molecule has 0 saturated heterocycles. The van der Waals surface area contributed by atoms with E-state index in [1.807, 2.05) is 0 Å². The number of carbonyl (C=O) groups excluding carboxylic acids is 1. The number of fused-ring (bicyclic) bond motifs is 1. The monoisotopic (exact) mass is 290 g/mol. The third kappa shape index (κ3) is 2.32. The molecular formula is C12H7ClN4OS. The molecule has 1 N–H and O–H groups in total. The number of H-pyrrole nitrogens is 1. The van der Waals surface area contributed by atoms with E-state index < -0.39 is 0 Å². The maximum absolute atomic E-state index is 11.1. The second kappa shape index (κ2) is 4.99. The smallest absolute Gasteiger partial charge is 0.181 e. The van der Waals surface area contributed by atoms with Gasteiger partial charge in [0.15, 0.2) is 11.9 Å². The van der Waals surface area contributed by atoms with Crippen LogP contribution in [0.1, 0.15) is 10.4 Å². The zero-order chi connectivity index (χ0) is 13.2. The van der Waals surface area contributed by atoms with E-state index >= 15 is 0 Å². The molecule has 0 atom stereocenters. The number of aromatic amines is 1. The fourth-order valence-corrected chi connectivity index (χ4v) is 2.73. The molecule has 1 aromatic carbocycles. The molecule has 94 valence electrons. The van der Waals surface area contributed by atoms with Gasteiger partial charge in [-0.2, -0.15) is 0 Å². The van der Waals surface area contributed by atoms with Gasteiger partial charge in [-0.05, 0) is 18.2 Å². The largest absolute Gasteiger partial charge is 0.341 e. The Hall–Kier alpha value is -1.92. The van der Waals surface area contributed by atoms with Crippen LogP contribution in [0.4, 0.5) is 0 Å². The van der Waals surface area contributed by atoms with Crippen molar-refractivity contribution in [2.45, 2.75) is 9.92 Å². The molecule has 5 nitrogen and oxygen atoms in total. The quantitative estimate of drug-likeness (QED) is 0.593. The molecule has 0 aliphatic carbocycles. The molecule has 0 aliphatic rings. The van der Waals surface area contributed by atoms with Gasteiger partial charge in [0, 0.05) is 15.5 Å². The Morgan fingerprint density at radius 2 is 2.16 bits per heavy atom. The van der Waals surface area contributed by atoms with Crippen LogP contribution in [-0.2, 0) is 0 Å². The van der Waals surface area contributed by atoms with Crippen molar-refractivity contribution in [3.8, 4) is 0 Å². The van der Waals surface area contributed by atoms with Crippen molar-refractivity contribution < 1.29 is 4.79 Å². The molecular weight excluding hydrogens is 284 g/mol. The van der Waals surface area contributed by atoms with Gasteiger partial charge in [-0.1, -0.05) is 23.4 Å². The van der Waals surface area contributed by atoms with Crippen molar-refractivity contribution in [1.29, 1.82) is 0 Å². The van der Waals surface area contributed by atoms with Crippen LogP contribution in [0.15, 0.2) is 40.8 Å². The average molecular weight is 291 g/mol. The van der Waals surface area contributed by atoms with Crippen LogP contribution < -0.4 is 0 Å². The molecule has 2 aromatic heterocycles. The Labute approximate surface area is 117 Å². The molecule has 2 heterocycles. The standard InChI is InChI=1S/C12H7ClN4OS/c13-8-1-2-9(7(3-8)4-18)19-12-10-11(15-5-14-10)16-6-17-12/h1-6H,(H,14,15,16,17). The second-order valence-electron chi connectivity index (χ2n) is 3.68.